The van der Waals surface area contributed by atoms with Crippen LogP contribution in [0.3, 0.4) is 0 Å². The van der Waals surface area contributed by atoms with Crippen LogP contribution < -0.4 is 5.73 Å². The van der Waals surface area contributed by atoms with Crippen molar-refractivity contribution in [1.82, 2.24) is 4.90 Å². The molecule has 1 atom stereocenters. The van der Waals surface area contributed by atoms with Crippen LogP contribution >= 0.6 is 0 Å². The van der Waals surface area contributed by atoms with Gasteiger partial charge in [-0.3, -0.25) is 4.79 Å². The van der Waals surface area contributed by atoms with Gasteiger partial charge in [-0.1, -0.05) is 32.9 Å². The van der Waals surface area contributed by atoms with Crippen LogP contribution in [0.5, 0.6) is 0 Å². The number of oxime groups is 1. The van der Waals surface area contributed by atoms with E-state index in [0.29, 0.717) is 12.5 Å². The van der Waals surface area contributed by atoms with Crippen LogP contribution in [-0.4, -0.2) is 35.4 Å². The Morgan fingerprint density at radius 3 is 2.19 bits per heavy atom. The highest BCUT2D eigenvalue weighted by molar-refractivity contribution is 6.02. The molecule has 0 aromatic carbocycles. The number of nitrogens with zero attached hydrogens (tertiary/aromatic N) is 2. The number of rotatable bonds is 5. The number of amides is 1. The van der Waals surface area contributed by atoms with Crippen molar-refractivity contribution in [2.24, 2.45) is 28.6 Å². The lowest BCUT2D eigenvalue weighted by atomic mass is 9.93. The second kappa shape index (κ2) is 6.35. The molecule has 1 amide bonds. The van der Waals surface area contributed by atoms with Crippen LogP contribution in [0.15, 0.2) is 5.16 Å². The van der Waals surface area contributed by atoms with Crippen molar-refractivity contribution in [2.45, 2.75) is 27.7 Å². The molecule has 0 aromatic rings. The molecule has 94 valence electrons. The van der Waals surface area contributed by atoms with Crippen molar-refractivity contribution < 1.29 is 10.0 Å². The Bertz CT molecular complexity index is 262. The lowest BCUT2D eigenvalue weighted by molar-refractivity contribution is -0.133. The number of nitrogens with two attached hydrogens (primary N) is 1. The number of hydrogen-bond acceptors (Lipinski definition) is 3. The lowest BCUT2D eigenvalue weighted by Crippen LogP contribution is -2.43. The van der Waals surface area contributed by atoms with E-state index in [9.17, 15) is 4.79 Å². The van der Waals surface area contributed by atoms with Crippen LogP contribution in [0.4, 0.5) is 0 Å². The highest BCUT2D eigenvalue weighted by atomic mass is 16.4. The minimum Gasteiger partial charge on any atom is -0.409 e. The number of amidine groups is 1. The quantitative estimate of drug-likeness (QED) is 0.321. The summed E-state index contributed by atoms with van der Waals surface area (Å²) in [6.45, 7) is 8.50. The van der Waals surface area contributed by atoms with Crippen molar-refractivity contribution in [2.75, 3.05) is 13.6 Å². The first-order valence-corrected chi connectivity index (χ1v) is 5.53. The van der Waals surface area contributed by atoms with E-state index < -0.39 is 5.92 Å². The molecule has 0 saturated carbocycles. The molecule has 0 aromatic heterocycles. The fourth-order valence-electron chi connectivity index (χ4n) is 1.69. The monoisotopic (exact) mass is 229 g/mol. The Morgan fingerprint density at radius 1 is 1.38 bits per heavy atom. The Morgan fingerprint density at radius 2 is 1.88 bits per heavy atom. The highest BCUT2D eigenvalue weighted by Crippen LogP contribution is 2.14. The summed E-state index contributed by atoms with van der Waals surface area (Å²) in [4.78, 5) is 13.7. The summed E-state index contributed by atoms with van der Waals surface area (Å²) in [5, 5.41) is 11.6. The number of carbonyl (C=O) groups excluding carboxylic acids is 1. The average Bonchev–Trinajstić information content (AvgIpc) is 2.15. The molecule has 1 unspecified atom stereocenters. The molecule has 0 spiro atoms. The molecular weight excluding hydrogens is 206 g/mol. The van der Waals surface area contributed by atoms with Gasteiger partial charge in [-0.25, -0.2) is 0 Å². The van der Waals surface area contributed by atoms with Crippen LogP contribution in [-0.2, 0) is 4.79 Å². The zero-order valence-corrected chi connectivity index (χ0v) is 10.8. The van der Waals surface area contributed by atoms with E-state index in [2.05, 4.69) is 5.16 Å². The first kappa shape index (κ1) is 14.7. The van der Waals surface area contributed by atoms with E-state index in [0.717, 1.165) is 0 Å². The fourth-order valence-corrected chi connectivity index (χ4v) is 1.69. The van der Waals surface area contributed by atoms with E-state index >= 15 is 0 Å². The molecule has 0 heterocycles. The van der Waals surface area contributed by atoms with Crippen molar-refractivity contribution in [3.63, 3.8) is 0 Å². The fraction of sp³-hybridized carbons (Fsp3) is 0.818. The third-order valence-electron chi connectivity index (χ3n) is 2.38. The van der Waals surface area contributed by atoms with Gasteiger partial charge in [0.2, 0.25) is 5.91 Å². The van der Waals surface area contributed by atoms with Gasteiger partial charge in [-0.05, 0) is 11.8 Å². The summed E-state index contributed by atoms with van der Waals surface area (Å²) >= 11 is 0. The normalized spacial score (nSPS) is 14.3. The Kier molecular flexibility index (Phi) is 5.85. The zero-order chi connectivity index (χ0) is 12.9. The third kappa shape index (κ3) is 4.08. The predicted molar refractivity (Wildman–Crippen MR) is 64.2 cm³/mol. The SMILES string of the molecule is CC(C)CN(C)C(=O)C(C(N)=NO)C(C)C. The van der Waals surface area contributed by atoms with Gasteiger partial charge in [0.15, 0.2) is 5.84 Å². The molecule has 0 rings (SSSR count). The van der Waals surface area contributed by atoms with Crippen LogP contribution in [0.1, 0.15) is 27.7 Å². The molecule has 3 N–H and O–H groups in total. The van der Waals surface area contributed by atoms with Gasteiger partial charge in [0.1, 0.15) is 5.92 Å². The second-order valence-electron chi connectivity index (χ2n) is 4.86. The largest absolute Gasteiger partial charge is 0.409 e. The Labute approximate surface area is 97.3 Å². The summed E-state index contributed by atoms with van der Waals surface area (Å²) in [7, 11) is 1.74. The molecule has 0 saturated heterocycles. The maximum atomic E-state index is 12.1. The first-order valence-electron chi connectivity index (χ1n) is 5.53. The van der Waals surface area contributed by atoms with Crippen molar-refractivity contribution in [1.29, 1.82) is 0 Å². The molecule has 5 nitrogen and oxygen atoms in total. The number of carbonyl (C=O) groups is 1. The minimum absolute atomic E-state index is 0.0120. The second-order valence-corrected chi connectivity index (χ2v) is 4.86. The molecule has 0 bridgehead atoms. The standard InChI is InChI=1S/C11H23N3O2/c1-7(2)6-14(5)11(15)9(8(3)4)10(12)13-16/h7-9,16H,6H2,1-5H3,(H2,12,13). The van der Waals surface area contributed by atoms with Crippen LogP contribution in [0, 0.1) is 17.8 Å². The molecule has 0 aliphatic carbocycles. The molecule has 5 heteroatoms. The Balaban J connectivity index is 4.75. The van der Waals surface area contributed by atoms with E-state index in [1.807, 2.05) is 27.7 Å². The zero-order valence-electron chi connectivity index (χ0n) is 10.8. The maximum Gasteiger partial charge on any atom is 0.233 e. The molecule has 0 aliphatic rings. The average molecular weight is 229 g/mol. The molecular formula is C11H23N3O2. The summed E-state index contributed by atoms with van der Waals surface area (Å²) in [6, 6.07) is 0. The summed E-state index contributed by atoms with van der Waals surface area (Å²) in [5.74, 6) is -0.254. The third-order valence-corrected chi connectivity index (χ3v) is 2.38. The van der Waals surface area contributed by atoms with Gasteiger partial charge < -0.3 is 15.8 Å². The summed E-state index contributed by atoms with van der Waals surface area (Å²) < 4.78 is 0. The van der Waals surface area contributed by atoms with Gasteiger partial charge in [0.25, 0.3) is 0 Å². The maximum absolute atomic E-state index is 12.1. The highest BCUT2D eigenvalue weighted by Gasteiger charge is 2.29. The van der Waals surface area contributed by atoms with E-state index in [1.54, 1.807) is 11.9 Å². The van der Waals surface area contributed by atoms with E-state index in [1.165, 1.54) is 0 Å². The number of hydrogen-bond donors (Lipinski definition) is 2. The van der Waals surface area contributed by atoms with Crippen molar-refractivity contribution >= 4 is 11.7 Å². The van der Waals surface area contributed by atoms with Gasteiger partial charge in [-0.15, -0.1) is 0 Å². The smallest absolute Gasteiger partial charge is 0.233 e. The minimum atomic E-state index is -0.547. The van der Waals surface area contributed by atoms with Gasteiger partial charge in [-0.2, -0.15) is 0 Å². The lowest BCUT2D eigenvalue weighted by Gasteiger charge is -2.26. The van der Waals surface area contributed by atoms with Gasteiger partial charge in [0.05, 0.1) is 0 Å². The predicted octanol–water partition coefficient (Wildman–Crippen LogP) is 1.12. The summed E-state index contributed by atoms with van der Waals surface area (Å²) in [6.07, 6.45) is 0. The van der Waals surface area contributed by atoms with Crippen LogP contribution in [0.2, 0.25) is 0 Å². The van der Waals surface area contributed by atoms with E-state index in [-0.39, 0.29) is 17.7 Å². The van der Waals surface area contributed by atoms with Crippen molar-refractivity contribution in [3.8, 4) is 0 Å². The van der Waals surface area contributed by atoms with Gasteiger partial charge >= 0.3 is 0 Å². The summed E-state index contributed by atoms with van der Waals surface area (Å²) in [5.41, 5.74) is 5.54. The van der Waals surface area contributed by atoms with E-state index in [4.69, 9.17) is 10.9 Å². The topological polar surface area (TPSA) is 78.9 Å². The van der Waals surface area contributed by atoms with Crippen molar-refractivity contribution in [3.05, 3.63) is 0 Å². The molecule has 0 aliphatic heterocycles. The van der Waals surface area contributed by atoms with Gasteiger partial charge in [0, 0.05) is 13.6 Å². The Hall–Kier alpha value is -1.26. The molecule has 0 fully saturated rings. The molecule has 0 radical (unpaired) electrons. The first-order chi connectivity index (χ1) is 7.31. The molecule has 16 heavy (non-hydrogen) atoms. The van der Waals surface area contributed by atoms with Crippen LogP contribution in [0.25, 0.3) is 0 Å².